The summed E-state index contributed by atoms with van der Waals surface area (Å²) < 4.78 is 19.5. The predicted octanol–water partition coefficient (Wildman–Crippen LogP) is 9.43. The summed E-state index contributed by atoms with van der Waals surface area (Å²) in [5, 5.41) is 10.7. The molecule has 0 radical (unpaired) electrons. The molecule has 48 heavy (non-hydrogen) atoms. The largest absolute Gasteiger partial charge is 0.309 e. The Balaban J connectivity index is 1.26. The van der Waals surface area contributed by atoms with Gasteiger partial charge in [0, 0.05) is 37.8 Å². The molecule has 0 N–H and O–H groups in total. The number of aromatic nitrogens is 3. The van der Waals surface area contributed by atoms with Crippen LogP contribution >= 0.6 is 7.14 Å². The molecule has 4 nitrogen and oxygen atoms in total. The number of fused-ring (bicyclic) bond motifs is 5. The van der Waals surface area contributed by atoms with Crippen molar-refractivity contribution < 1.29 is 4.57 Å². The Labute approximate surface area is 278 Å². The van der Waals surface area contributed by atoms with Crippen LogP contribution < -0.4 is 15.9 Å². The number of para-hydroxylation sites is 2. The molecule has 0 atom stereocenters. The Morgan fingerprint density at radius 1 is 0.438 bits per heavy atom. The van der Waals surface area contributed by atoms with Crippen LogP contribution in [-0.2, 0) is 4.57 Å². The smallest absolute Gasteiger partial charge is 0.171 e. The van der Waals surface area contributed by atoms with Gasteiger partial charge in [0.25, 0.3) is 0 Å². The SMILES string of the molecule is O=P(c1ccccc1)(c1ccccc1)c1cccc(-c2ccc3c(c2)c2ccc4c(cnn4-c4ccccc4)c2n3-c2ccccc2)c1. The molecule has 9 aromatic rings. The summed E-state index contributed by atoms with van der Waals surface area (Å²) in [6, 6.07) is 59.8. The van der Waals surface area contributed by atoms with Crippen LogP contribution in [0.1, 0.15) is 0 Å². The lowest BCUT2D eigenvalue weighted by molar-refractivity contribution is 0.592. The first kappa shape index (κ1) is 28.3. The van der Waals surface area contributed by atoms with Gasteiger partial charge in [-0.1, -0.05) is 121 Å². The van der Waals surface area contributed by atoms with E-state index in [1.165, 1.54) is 0 Å². The minimum atomic E-state index is -3.11. The molecule has 7 aromatic carbocycles. The number of hydrogen-bond donors (Lipinski definition) is 0. The highest BCUT2D eigenvalue weighted by atomic mass is 31.2. The van der Waals surface area contributed by atoms with Crippen molar-refractivity contribution in [2.75, 3.05) is 0 Å². The van der Waals surface area contributed by atoms with Crippen molar-refractivity contribution in [1.82, 2.24) is 14.3 Å². The van der Waals surface area contributed by atoms with E-state index in [0.717, 1.165) is 71.1 Å². The van der Waals surface area contributed by atoms with Gasteiger partial charge in [-0.05, 0) is 65.7 Å². The fourth-order valence-corrected chi connectivity index (χ4v) is 9.71. The highest BCUT2D eigenvalue weighted by Crippen LogP contribution is 2.44. The van der Waals surface area contributed by atoms with Gasteiger partial charge in [-0.25, -0.2) is 4.68 Å². The summed E-state index contributed by atoms with van der Waals surface area (Å²) in [4.78, 5) is 0. The van der Waals surface area contributed by atoms with Crippen LogP contribution in [0.3, 0.4) is 0 Å². The summed E-state index contributed by atoms with van der Waals surface area (Å²) in [5.41, 5.74) is 7.52. The minimum absolute atomic E-state index is 0.819. The van der Waals surface area contributed by atoms with Crippen LogP contribution in [0.4, 0.5) is 0 Å². The first-order valence-electron chi connectivity index (χ1n) is 16.1. The van der Waals surface area contributed by atoms with Gasteiger partial charge in [0.05, 0.1) is 28.4 Å². The van der Waals surface area contributed by atoms with Crippen LogP contribution in [0.2, 0.25) is 0 Å². The third-order valence-electron chi connectivity index (χ3n) is 9.27. The lowest BCUT2D eigenvalue weighted by Crippen LogP contribution is -2.25. The Morgan fingerprint density at radius 3 is 1.67 bits per heavy atom. The average Bonchev–Trinajstić information content (AvgIpc) is 3.75. The average molecular weight is 636 g/mol. The molecule has 0 aliphatic rings. The van der Waals surface area contributed by atoms with E-state index < -0.39 is 7.14 Å². The lowest BCUT2D eigenvalue weighted by Gasteiger charge is -2.20. The fraction of sp³-hybridized carbons (Fsp3) is 0. The monoisotopic (exact) mass is 635 g/mol. The standard InChI is InChI=1S/C43H30N3OP/c47-48(35-19-9-3-10-20-35,36-21-11-4-12-22-36)37-23-13-14-31(28-37)32-24-26-41-39(29-32)38-25-27-42-40(30-44-46(42)34-17-7-2-8-18-34)43(38)45(41)33-15-5-1-6-16-33/h1-30H. The first-order chi connectivity index (χ1) is 23.7. The van der Waals surface area contributed by atoms with Gasteiger partial charge >= 0.3 is 0 Å². The van der Waals surface area contributed by atoms with Gasteiger partial charge in [-0.15, -0.1) is 0 Å². The van der Waals surface area contributed by atoms with Crippen molar-refractivity contribution in [1.29, 1.82) is 0 Å². The third kappa shape index (κ3) is 4.45. The van der Waals surface area contributed by atoms with Crippen molar-refractivity contribution in [3.63, 3.8) is 0 Å². The number of nitrogens with zero attached hydrogens (tertiary/aromatic N) is 3. The molecule has 0 saturated carbocycles. The normalized spacial score (nSPS) is 11.8. The molecule has 9 rings (SSSR count). The van der Waals surface area contributed by atoms with E-state index in [-0.39, 0.29) is 0 Å². The maximum absolute atomic E-state index is 15.2. The molecule has 0 fully saturated rings. The van der Waals surface area contributed by atoms with Gasteiger partial charge in [-0.3, -0.25) is 0 Å². The van der Waals surface area contributed by atoms with Crippen LogP contribution in [-0.4, -0.2) is 14.3 Å². The Hall–Kier alpha value is -5.96. The van der Waals surface area contributed by atoms with Crippen LogP contribution in [0, 0.1) is 0 Å². The van der Waals surface area contributed by atoms with Gasteiger partial charge in [0.15, 0.2) is 7.14 Å². The molecule has 0 unspecified atom stereocenters. The zero-order valence-corrected chi connectivity index (χ0v) is 26.9. The highest BCUT2D eigenvalue weighted by Gasteiger charge is 2.30. The van der Waals surface area contributed by atoms with Crippen molar-refractivity contribution in [3.05, 3.63) is 182 Å². The number of benzene rings is 7. The van der Waals surface area contributed by atoms with Gasteiger partial charge < -0.3 is 9.13 Å². The first-order valence-corrected chi connectivity index (χ1v) is 17.8. The van der Waals surface area contributed by atoms with Gasteiger partial charge in [0.2, 0.25) is 0 Å². The molecular formula is C43H30N3OP. The Kier molecular flexibility index (Phi) is 6.70. The zero-order valence-electron chi connectivity index (χ0n) is 26.0. The molecule has 5 heteroatoms. The molecule has 0 bridgehead atoms. The van der Waals surface area contributed by atoms with E-state index in [1.54, 1.807) is 0 Å². The predicted molar refractivity (Wildman–Crippen MR) is 200 cm³/mol. The second kappa shape index (κ2) is 11.4. The van der Waals surface area contributed by atoms with E-state index in [4.69, 9.17) is 5.10 Å². The number of rotatable bonds is 6. The molecule has 2 aromatic heterocycles. The van der Waals surface area contributed by atoms with Gasteiger partial charge in [0.1, 0.15) is 0 Å². The van der Waals surface area contributed by atoms with Crippen LogP contribution in [0.5, 0.6) is 0 Å². The third-order valence-corrected chi connectivity index (χ3v) is 12.3. The molecule has 2 heterocycles. The van der Waals surface area contributed by atoms with Gasteiger partial charge in [-0.2, -0.15) is 5.10 Å². The van der Waals surface area contributed by atoms with E-state index in [0.29, 0.717) is 0 Å². The topological polar surface area (TPSA) is 39.8 Å². The fourth-order valence-electron chi connectivity index (χ4n) is 7.02. The van der Waals surface area contributed by atoms with E-state index in [9.17, 15) is 0 Å². The molecule has 0 spiro atoms. The summed E-state index contributed by atoms with van der Waals surface area (Å²) in [6.07, 6.45) is 1.98. The van der Waals surface area contributed by atoms with Crippen LogP contribution in [0.15, 0.2) is 182 Å². The molecule has 0 aliphatic heterocycles. The maximum atomic E-state index is 15.2. The maximum Gasteiger partial charge on any atom is 0.171 e. The second-order valence-electron chi connectivity index (χ2n) is 12.0. The quantitative estimate of drug-likeness (QED) is 0.171. The van der Waals surface area contributed by atoms with Crippen molar-refractivity contribution in [2.45, 2.75) is 0 Å². The molecule has 228 valence electrons. The van der Waals surface area contributed by atoms with E-state index in [1.807, 2.05) is 102 Å². The van der Waals surface area contributed by atoms with Crippen molar-refractivity contribution >= 4 is 55.8 Å². The Bertz CT molecular complexity index is 2580. The van der Waals surface area contributed by atoms with Crippen molar-refractivity contribution in [2.24, 2.45) is 0 Å². The second-order valence-corrected chi connectivity index (χ2v) is 14.8. The summed E-state index contributed by atoms with van der Waals surface area (Å²) in [5.74, 6) is 0. The molecular weight excluding hydrogens is 605 g/mol. The molecule has 0 aliphatic carbocycles. The molecule has 0 amide bonds. The van der Waals surface area contributed by atoms with Crippen molar-refractivity contribution in [3.8, 4) is 22.5 Å². The van der Waals surface area contributed by atoms with Crippen LogP contribution in [0.25, 0.3) is 55.2 Å². The zero-order chi connectivity index (χ0) is 32.1. The highest BCUT2D eigenvalue weighted by molar-refractivity contribution is 7.85. The van der Waals surface area contributed by atoms with E-state index in [2.05, 4.69) is 89.5 Å². The summed E-state index contributed by atoms with van der Waals surface area (Å²) >= 11 is 0. The minimum Gasteiger partial charge on any atom is -0.309 e. The molecule has 0 saturated heterocycles. The summed E-state index contributed by atoms with van der Waals surface area (Å²) in [6.45, 7) is 0. The Morgan fingerprint density at radius 2 is 1.00 bits per heavy atom. The lowest BCUT2D eigenvalue weighted by atomic mass is 10.0. The summed E-state index contributed by atoms with van der Waals surface area (Å²) in [7, 11) is -3.11. The number of hydrogen-bond acceptors (Lipinski definition) is 2. The van der Waals surface area contributed by atoms with E-state index >= 15 is 4.57 Å².